The van der Waals surface area contributed by atoms with Crippen LogP contribution in [0, 0.1) is 13.8 Å². The predicted molar refractivity (Wildman–Crippen MR) is 116 cm³/mol. The van der Waals surface area contributed by atoms with Gasteiger partial charge in [-0.05, 0) is 36.1 Å². The Balaban J connectivity index is 1.47. The van der Waals surface area contributed by atoms with E-state index < -0.39 is 0 Å². The normalized spacial score (nSPS) is 17.2. The molecule has 1 heterocycles. The van der Waals surface area contributed by atoms with Gasteiger partial charge in [-0.1, -0.05) is 72.8 Å². The Kier molecular flexibility index (Phi) is 5.89. The summed E-state index contributed by atoms with van der Waals surface area (Å²) in [6.45, 7) is 7.44. The van der Waals surface area contributed by atoms with E-state index in [4.69, 9.17) is 4.74 Å². The highest BCUT2D eigenvalue weighted by Crippen LogP contribution is 2.25. The van der Waals surface area contributed by atoms with Crippen LogP contribution in [-0.4, -0.2) is 30.4 Å². The van der Waals surface area contributed by atoms with Crippen molar-refractivity contribution in [1.29, 1.82) is 0 Å². The number of morpholine rings is 1. The number of benzene rings is 3. The number of ether oxygens (including phenoxy) is 1. The lowest BCUT2D eigenvalue weighted by Gasteiger charge is -2.33. The summed E-state index contributed by atoms with van der Waals surface area (Å²) in [4.78, 5) is 15.4. The second-order valence-corrected chi connectivity index (χ2v) is 7.80. The van der Waals surface area contributed by atoms with Crippen LogP contribution in [0.1, 0.15) is 44.3 Å². The molecule has 1 saturated heterocycles. The van der Waals surface area contributed by atoms with E-state index in [1.54, 1.807) is 0 Å². The number of carbonyl (C=O) groups excluding carboxylic acids is 1. The molecule has 0 N–H and O–H groups in total. The van der Waals surface area contributed by atoms with Gasteiger partial charge in [0.1, 0.15) is 0 Å². The Morgan fingerprint density at radius 3 is 2.31 bits per heavy atom. The number of carbonyl (C=O) groups is 1. The highest BCUT2D eigenvalue weighted by molar-refractivity contribution is 6.10. The molecule has 1 unspecified atom stereocenters. The van der Waals surface area contributed by atoms with Crippen LogP contribution in [-0.2, 0) is 11.3 Å². The molecule has 0 spiro atoms. The second kappa shape index (κ2) is 8.73. The van der Waals surface area contributed by atoms with Crippen LogP contribution in [0.3, 0.4) is 0 Å². The van der Waals surface area contributed by atoms with Gasteiger partial charge in [0, 0.05) is 30.8 Å². The van der Waals surface area contributed by atoms with Gasteiger partial charge < -0.3 is 4.74 Å². The minimum absolute atomic E-state index is 0.0387. The van der Waals surface area contributed by atoms with Crippen molar-refractivity contribution in [2.24, 2.45) is 0 Å². The Labute approximate surface area is 172 Å². The van der Waals surface area contributed by atoms with Crippen LogP contribution in [0.15, 0.2) is 72.8 Å². The van der Waals surface area contributed by atoms with E-state index in [2.05, 4.69) is 29.2 Å². The first kappa shape index (κ1) is 19.6. The molecular formula is C26H27NO2. The minimum Gasteiger partial charge on any atom is -0.371 e. The number of ketones is 1. The molecule has 29 heavy (non-hydrogen) atoms. The van der Waals surface area contributed by atoms with Gasteiger partial charge in [-0.3, -0.25) is 9.69 Å². The molecule has 3 nitrogen and oxygen atoms in total. The fraction of sp³-hybridized carbons (Fsp3) is 0.269. The van der Waals surface area contributed by atoms with Crippen LogP contribution < -0.4 is 0 Å². The number of hydrogen-bond acceptors (Lipinski definition) is 3. The molecular weight excluding hydrogens is 358 g/mol. The maximum absolute atomic E-state index is 13.0. The average molecular weight is 386 g/mol. The first-order chi connectivity index (χ1) is 14.1. The van der Waals surface area contributed by atoms with Crippen molar-refractivity contribution in [3.05, 3.63) is 106 Å². The number of nitrogens with zero attached hydrogens (tertiary/aromatic N) is 1. The lowest BCUT2D eigenvalue weighted by Crippen LogP contribution is -2.37. The second-order valence-electron chi connectivity index (χ2n) is 7.80. The Bertz CT molecular complexity index is 959. The van der Waals surface area contributed by atoms with Gasteiger partial charge >= 0.3 is 0 Å². The minimum atomic E-state index is 0.0387. The number of rotatable bonds is 5. The van der Waals surface area contributed by atoms with Crippen molar-refractivity contribution in [2.45, 2.75) is 26.5 Å². The fourth-order valence-corrected chi connectivity index (χ4v) is 4.06. The molecule has 0 radical (unpaired) electrons. The summed E-state index contributed by atoms with van der Waals surface area (Å²) in [7, 11) is 0. The molecule has 4 rings (SSSR count). The van der Waals surface area contributed by atoms with Gasteiger partial charge in [0.2, 0.25) is 0 Å². The van der Waals surface area contributed by atoms with E-state index in [9.17, 15) is 4.79 Å². The molecule has 0 aliphatic carbocycles. The van der Waals surface area contributed by atoms with Crippen LogP contribution >= 0.6 is 0 Å². The fourth-order valence-electron chi connectivity index (χ4n) is 4.06. The molecule has 0 bridgehead atoms. The van der Waals surface area contributed by atoms with Crippen LogP contribution in [0.4, 0.5) is 0 Å². The van der Waals surface area contributed by atoms with E-state index in [0.717, 1.165) is 54.1 Å². The van der Waals surface area contributed by atoms with Crippen molar-refractivity contribution in [2.75, 3.05) is 19.7 Å². The monoisotopic (exact) mass is 385 g/mol. The molecule has 3 aromatic rings. The summed E-state index contributed by atoms with van der Waals surface area (Å²) in [5, 5.41) is 0. The van der Waals surface area contributed by atoms with E-state index in [1.165, 1.54) is 5.56 Å². The highest BCUT2D eigenvalue weighted by Gasteiger charge is 2.22. The first-order valence-corrected chi connectivity index (χ1v) is 10.2. The third-order valence-electron chi connectivity index (χ3n) is 5.65. The van der Waals surface area contributed by atoms with Gasteiger partial charge in [-0.25, -0.2) is 0 Å². The summed E-state index contributed by atoms with van der Waals surface area (Å²) >= 11 is 0. The standard InChI is InChI=1S/C26H27NO2/c1-19-7-6-8-20(2)25(19)26(28)23-13-11-22(12-14-23)24-18-27(15-16-29-24)17-21-9-4-3-5-10-21/h3-14,24H,15-18H2,1-2H3. The van der Waals surface area contributed by atoms with E-state index in [1.807, 2.05) is 62.4 Å². The van der Waals surface area contributed by atoms with E-state index >= 15 is 0 Å². The molecule has 1 aliphatic rings. The van der Waals surface area contributed by atoms with Crippen LogP contribution in [0.2, 0.25) is 0 Å². The van der Waals surface area contributed by atoms with Crippen molar-refractivity contribution in [1.82, 2.24) is 4.90 Å². The van der Waals surface area contributed by atoms with E-state index in [-0.39, 0.29) is 11.9 Å². The molecule has 0 amide bonds. The Hall–Kier alpha value is -2.75. The Morgan fingerprint density at radius 1 is 0.931 bits per heavy atom. The van der Waals surface area contributed by atoms with Crippen LogP contribution in [0.5, 0.6) is 0 Å². The van der Waals surface area contributed by atoms with Crippen molar-refractivity contribution >= 4 is 5.78 Å². The summed E-state index contributed by atoms with van der Waals surface area (Å²) in [6.07, 6.45) is 0.0387. The zero-order valence-electron chi connectivity index (χ0n) is 17.1. The van der Waals surface area contributed by atoms with Gasteiger partial charge in [-0.2, -0.15) is 0 Å². The molecule has 1 fully saturated rings. The summed E-state index contributed by atoms with van der Waals surface area (Å²) in [6, 6.07) is 24.5. The van der Waals surface area contributed by atoms with Gasteiger partial charge in [-0.15, -0.1) is 0 Å². The molecule has 148 valence electrons. The SMILES string of the molecule is Cc1cccc(C)c1C(=O)c1ccc(C2CN(Cc3ccccc3)CCO2)cc1. The van der Waals surface area contributed by atoms with Crippen molar-refractivity contribution in [3.63, 3.8) is 0 Å². The smallest absolute Gasteiger partial charge is 0.193 e. The first-order valence-electron chi connectivity index (χ1n) is 10.2. The zero-order valence-corrected chi connectivity index (χ0v) is 17.1. The van der Waals surface area contributed by atoms with Crippen molar-refractivity contribution < 1.29 is 9.53 Å². The molecule has 1 aliphatic heterocycles. The van der Waals surface area contributed by atoms with E-state index in [0.29, 0.717) is 0 Å². The Morgan fingerprint density at radius 2 is 1.62 bits per heavy atom. The highest BCUT2D eigenvalue weighted by atomic mass is 16.5. The molecule has 3 aromatic carbocycles. The van der Waals surface area contributed by atoms with Gasteiger partial charge in [0.15, 0.2) is 5.78 Å². The summed E-state index contributed by atoms with van der Waals surface area (Å²) in [5.41, 5.74) is 6.02. The summed E-state index contributed by atoms with van der Waals surface area (Å²) < 4.78 is 6.03. The average Bonchev–Trinajstić information content (AvgIpc) is 2.74. The largest absolute Gasteiger partial charge is 0.371 e. The summed E-state index contributed by atoms with van der Waals surface area (Å²) in [5.74, 6) is 0.0856. The topological polar surface area (TPSA) is 29.5 Å². The lowest BCUT2D eigenvalue weighted by atomic mass is 9.94. The zero-order chi connectivity index (χ0) is 20.2. The quantitative estimate of drug-likeness (QED) is 0.572. The lowest BCUT2D eigenvalue weighted by molar-refractivity contribution is -0.0329. The number of aryl methyl sites for hydroxylation is 2. The van der Waals surface area contributed by atoms with Gasteiger partial charge in [0.05, 0.1) is 12.7 Å². The number of hydrogen-bond donors (Lipinski definition) is 0. The van der Waals surface area contributed by atoms with Crippen molar-refractivity contribution in [3.8, 4) is 0 Å². The molecule has 1 atom stereocenters. The maximum atomic E-state index is 13.0. The third kappa shape index (κ3) is 4.47. The van der Waals surface area contributed by atoms with Gasteiger partial charge in [0.25, 0.3) is 0 Å². The third-order valence-corrected chi connectivity index (χ3v) is 5.65. The molecule has 0 saturated carbocycles. The van der Waals surface area contributed by atoms with Crippen LogP contribution in [0.25, 0.3) is 0 Å². The maximum Gasteiger partial charge on any atom is 0.193 e. The predicted octanol–water partition coefficient (Wildman–Crippen LogP) is 5.11. The molecule has 0 aromatic heterocycles. The molecule has 3 heteroatoms.